The van der Waals surface area contributed by atoms with Gasteiger partial charge >= 0.3 is 6.09 Å². The average Bonchev–Trinajstić information content (AvgIpc) is 1.99. The molecule has 0 aromatic carbocycles. The molecule has 0 saturated heterocycles. The SMILES string of the molecule is CC[C@@H]1CCC1CNC(=O)OC(C)(C)C. The van der Waals surface area contributed by atoms with E-state index in [0.29, 0.717) is 5.92 Å². The van der Waals surface area contributed by atoms with Gasteiger partial charge < -0.3 is 10.1 Å². The summed E-state index contributed by atoms with van der Waals surface area (Å²) in [5, 5.41) is 2.84. The van der Waals surface area contributed by atoms with E-state index in [1.807, 2.05) is 20.8 Å². The predicted octanol–water partition coefficient (Wildman–Crippen LogP) is 2.95. The average molecular weight is 213 g/mol. The summed E-state index contributed by atoms with van der Waals surface area (Å²) in [6, 6.07) is 0. The van der Waals surface area contributed by atoms with Crippen LogP contribution in [-0.2, 0) is 4.74 Å². The van der Waals surface area contributed by atoms with Crippen LogP contribution in [0.15, 0.2) is 0 Å². The van der Waals surface area contributed by atoms with Crippen LogP contribution in [-0.4, -0.2) is 18.2 Å². The van der Waals surface area contributed by atoms with Crippen molar-refractivity contribution < 1.29 is 9.53 Å². The zero-order valence-corrected chi connectivity index (χ0v) is 10.3. The molecule has 1 fully saturated rings. The van der Waals surface area contributed by atoms with Crippen molar-refractivity contribution in [3.63, 3.8) is 0 Å². The third kappa shape index (κ3) is 4.10. The summed E-state index contributed by atoms with van der Waals surface area (Å²) >= 11 is 0. The number of rotatable bonds is 3. The summed E-state index contributed by atoms with van der Waals surface area (Å²) in [5.41, 5.74) is -0.395. The van der Waals surface area contributed by atoms with Crippen molar-refractivity contribution >= 4 is 6.09 Å². The van der Waals surface area contributed by atoms with Gasteiger partial charge in [-0.05, 0) is 45.4 Å². The maximum absolute atomic E-state index is 11.4. The molecule has 3 heteroatoms. The number of nitrogens with one attached hydrogen (secondary N) is 1. The topological polar surface area (TPSA) is 38.3 Å². The lowest BCUT2D eigenvalue weighted by Crippen LogP contribution is -2.40. The highest BCUT2D eigenvalue weighted by atomic mass is 16.6. The smallest absolute Gasteiger partial charge is 0.407 e. The lowest BCUT2D eigenvalue weighted by molar-refractivity contribution is 0.0489. The molecule has 1 unspecified atom stereocenters. The van der Waals surface area contributed by atoms with E-state index in [4.69, 9.17) is 4.74 Å². The molecule has 0 aromatic rings. The van der Waals surface area contributed by atoms with E-state index in [1.54, 1.807) is 0 Å². The van der Waals surface area contributed by atoms with Gasteiger partial charge in [-0.3, -0.25) is 0 Å². The van der Waals surface area contributed by atoms with Crippen molar-refractivity contribution in [2.75, 3.05) is 6.54 Å². The molecular weight excluding hydrogens is 190 g/mol. The molecule has 1 rings (SSSR count). The molecule has 2 atom stereocenters. The highest BCUT2D eigenvalue weighted by Crippen LogP contribution is 2.35. The van der Waals surface area contributed by atoms with Gasteiger partial charge in [0, 0.05) is 6.54 Å². The molecule has 88 valence electrons. The second-order valence-corrected chi connectivity index (χ2v) is 5.39. The van der Waals surface area contributed by atoms with Crippen LogP contribution in [0.1, 0.15) is 47.0 Å². The summed E-state index contributed by atoms with van der Waals surface area (Å²) in [5.74, 6) is 1.47. The van der Waals surface area contributed by atoms with Crippen molar-refractivity contribution in [2.45, 2.75) is 52.6 Å². The summed E-state index contributed by atoms with van der Waals surface area (Å²) < 4.78 is 5.18. The van der Waals surface area contributed by atoms with Crippen LogP contribution in [0, 0.1) is 11.8 Å². The van der Waals surface area contributed by atoms with Crippen LogP contribution in [0.2, 0.25) is 0 Å². The predicted molar refractivity (Wildman–Crippen MR) is 60.7 cm³/mol. The Morgan fingerprint density at radius 2 is 1.93 bits per heavy atom. The number of carbonyl (C=O) groups excluding carboxylic acids is 1. The molecule has 0 aromatic heterocycles. The van der Waals surface area contributed by atoms with Crippen molar-refractivity contribution in [1.82, 2.24) is 5.32 Å². The maximum Gasteiger partial charge on any atom is 0.407 e. The molecule has 15 heavy (non-hydrogen) atoms. The first kappa shape index (κ1) is 12.3. The highest BCUT2D eigenvalue weighted by molar-refractivity contribution is 5.67. The Balaban J connectivity index is 2.17. The fourth-order valence-corrected chi connectivity index (χ4v) is 1.97. The molecule has 1 aliphatic rings. The number of hydrogen-bond acceptors (Lipinski definition) is 2. The number of amides is 1. The van der Waals surface area contributed by atoms with E-state index in [0.717, 1.165) is 12.5 Å². The number of hydrogen-bond donors (Lipinski definition) is 1. The van der Waals surface area contributed by atoms with Gasteiger partial charge in [-0.15, -0.1) is 0 Å². The van der Waals surface area contributed by atoms with E-state index < -0.39 is 5.60 Å². The van der Waals surface area contributed by atoms with Gasteiger partial charge in [0.05, 0.1) is 0 Å². The quantitative estimate of drug-likeness (QED) is 0.782. The standard InChI is InChI=1S/C12H23NO2/c1-5-9-6-7-10(9)8-13-11(14)15-12(2,3)4/h9-10H,5-8H2,1-4H3,(H,13,14)/t9-,10?/m1/s1. The van der Waals surface area contributed by atoms with Gasteiger partial charge in [-0.2, -0.15) is 0 Å². The Kier molecular flexibility index (Phi) is 4.00. The fourth-order valence-electron chi connectivity index (χ4n) is 1.97. The van der Waals surface area contributed by atoms with Crippen molar-refractivity contribution in [2.24, 2.45) is 11.8 Å². The van der Waals surface area contributed by atoms with Gasteiger partial charge in [0.1, 0.15) is 5.60 Å². The molecule has 0 radical (unpaired) electrons. The van der Waals surface area contributed by atoms with Crippen molar-refractivity contribution in [3.8, 4) is 0 Å². The maximum atomic E-state index is 11.4. The zero-order valence-electron chi connectivity index (χ0n) is 10.3. The molecular formula is C12H23NO2. The Labute approximate surface area is 92.6 Å². The summed E-state index contributed by atoms with van der Waals surface area (Å²) in [6.07, 6.45) is 3.50. The van der Waals surface area contributed by atoms with Crippen LogP contribution in [0.4, 0.5) is 4.79 Å². The molecule has 1 N–H and O–H groups in total. The van der Waals surface area contributed by atoms with Gasteiger partial charge in [-0.1, -0.05) is 13.3 Å². The molecule has 0 spiro atoms. The first-order chi connectivity index (χ1) is 6.92. The Morgan fingerprint density at radius 3 is 2.33 bits per heavy atom. The number of alkyl carbamates (subject to hydrolysis) is 1. The minimum atomic E-state index is -0.395. The van der Waals surface area contributed by atoms with Gasteiger partial charge in [-0.25, -0.2) is 4.79 Å². The largest absolute Gasteiger partial charge is 0.444 e. The van der Waals surface area contributed by atoms with E-state index in [1.165, 1.54) is 19.3 Å². The zero-order chi connectivity index (χ0) is 11.5. The normalized spacial score (nSPS) is 25.6. The lowest BCUT2D eigenvalue weighted by atomic mass is 9.72. The summed E-state index contributed by atoms with van der Waals surface area (Å²) in [7, 11) is 0. The highest BCUT2D eigenvalue weighted by Gasteiger charge is 2.29. The molecule has 1 saturated carbocycles. The minimum Gasteiger partial charge on any atom is -0.444 e. The summed E-state index contributed by atoms with van der Waals surface area (Å²) in [6.45, 7) is 8.62. The third-order valence-corrected chi connectivity index (χ3v) is 3.01. The number of carbonyl (C=O) groups is 1. The van der Waals surface area contributed by atoms with Gasteiger partial charge in [0.25, 0.3) is 0 Å². The first-order valence-electron chi connectivity index (χ1n) is 5.89. The molecule has 0 bridgehead atoms. The van der Waals surface area contributed by atoms with Crippen molar-refractivity contribution in [3.05, 3.63) is 0 Å². The van der Waals surface area contributed by atoms with Crippen LogP contribution >= 0.6 is 0 Å². The second kappa shape index (κ2) is 4.86. The minimum absolute atomic E-state index is 0.288. The molecule has 3 nitrogen and oxygen atoms in total. The van der Waals surface area contributed by atoms with Crippen molar-refractivity contribution in [1.29, 1.82) is 0 Å². The van der Waals surface area contributed by atoms with Crippen LogP contribution in [0.5, 0.6) is 0 Å². The van der Waals surface area contributed by atoms with Crippen LogP contribution in [0.3, 0.4) is 0 Å². The lowest BCUT2D eigenvalue weighted by Gasteiger charge is -2.36. The van der Waals surface area contributed by atoms with Crippen LogP contribution in [0.25, 0.3) is 0 Å². The molecule has 0 aliphatic heterocycles. The monoisotopic (exact) mass is 213 g/mol. The Hall–Kier alpha value is -0.730. The summed E-state index contributed by atoms with van der Waals surface area (Å²) in [4.78, 5) is 11.4. The Morgan fingerprint density at radius 1 is 1.33 bits per heavy atom. The fraction of sp³-hybridized carbons (Fsp3) is 0.917. The van der Waals surface area contributed by atoms with E-state index in [9.17, 15) is 4.79 Å². The van der Waals surface area contributed by atoms with Gasteiger partial charge in [0.15, 0.2) is 0 Å². The first-order valence-corrected chi connectivity index (χ1v) is 5.89. The van der Waals surface area contributed by atoms with E-state index >= 15 is 0 Å². The number of ether oxygens (including phenoxy) is 1. The van der Waals surface area contributed by atoms with E-state index in [-0.39, 0.29) is 6.09 Å². The molecule has 1 aliphatic carbocycles. The second-order valence-electron chi connectivity index (χ2n) is 5.39. The van der Waals surface area contributed by atoms with E-state index in [2.05, 4.69) is 12.2 Å². The van der Waals surface area contributed by atoms with Crippen LogP contribution < -0.4 is 5.32 Å². The Bertz CT molecular complexity index is 218. The molecule has 1 amide bonds. The molecule has 0 heterocycles. The van der Waals surface area contributed by atoms with Gasteiger partial charge in [0.2, 0.25) is 0 Å². The third-order valence-electron chi connectivity index (χ3n) is 3.01.